The number of para-hydroxylation sites is 1. The molecule has 0 N–H and O–H groups in total. The first-order valence-electron chi connectivity index (χ1n) is 16.8. The summed E-state index contributed by atoms with van der Waals surface area (Å²) in [6, 6.07) is 65.7. The smallest absolute Gasteiger partial charge is 0.143 e. The molecule has 0 unspecified atom stereocenters. The highest BCUT2D eigenvalue weighted by Gasteiger charge is 2.19. The lowest BCUT2D eigenvalue weighted by Crippen LogP contribution is -1.91. The lowest BCUT2D eigenvalue weighted by atomic mass is 9.85. The number of furan rings is 1. The Morgan fingerprint density at radius 1 is 0.265 bits per heavy atom. The molecular formula is C48H30O. The third kappa shape index (κ3) is 4.40. The fraction of sp³-hybridized carbons (Fsp3) is 0. The zero-order valence-corrected chi connectivity index (χ0v) is 26.7. The molecule has 1 nitrogen and oxygen atoms in total. The molecule has 0 amide bonds. The zero-order valence-electron chi connectivity index (χ0n) is 26.7. The van der Waals surface area contributed by atoms with Crippen LogP contribution in [-0.2, 0) is 0 Å². The molecule has 1 aromatic heterocycles. The van der Waals surface area contributed by atoms with Crippen molar-refractivity contribution in [3.05, 3.63) is 182 Å². The molecule has 0 aliphatic rings. The van der Waals surface area contributed by atoms with Crippen LogP contribution in [0.3, 0.4) is 0 Å². The maximum atomic E-state index is 6.57. The van der Waals surface area contributed by atoms with Crippen LogP contribution in [0.2, 0.25) is 0 Å². The lowest BCUT2D eigenvalue weighted by Gasteiger charge is -2.18. The molecule has 228 valence electrons. The maximum Gasteiger partial charge on any atom is 0.143 e. The second kappa shape index (κ2) is 11.1. The van der Waals surface area contributed by atoms with Gasteiger partial charge in [0.15, 0.2) is 0 Å². The Morgan fingerprint density at radius 2 is 0.755 bits per heavy atom. The summed E-state index contributed by atoms with van der Waals surface area (Å²) in [6.07, 6.45) is 0. The van der Waals surface area contributed by atoms with E-state index in [-0.39, 0.29) is 0 Å². The average Bonchev–Trinajstić information content (AvgIpc) is 3.54. The van der Waals surface area contributed by atoms with Gasteiger partial charge in [-0.3, -0.25) is 0 Å². The molecule has 10 rings (SSSR count). The molecule has 10 aromatic rings. The van der Waals surface area contributed by atoms with Crippen molar-refractivity contribution in [3.8, 4) is 44.5 Å². The van der Waals surface area contributed by atoms with Crippen LogP contribution in [0.25, 0.3) is 98.8 Å². The summed E-state index contributed by atoms with van der Waals surface area (Å²) in [7, 11) is 0. The predicted octanol–water partition coefficient (Wildman–Crippen LogP) is 13.7. The van der Waals surface area contributed by atoms with Crippen LogP contribution >= 0.6 is 0 Å². The molecule has 0 bridgehead atoms. The van der Waals surface area contributed by atoms with E-state index < -0.39 is 0 Å². The number of hydrogen-bond acceptors (Lipinski definition) is 1. The van der Waals surface area contributed by atoms with Gasteiger partial charge in [-0.1, -0.05) is 164 Å². The molecule has 1 heteroatoms. The summed E-state index contributed by atoms with van der Waals surface area (Å²) >= 11 is 0. The Hall–Kier alpha value is -6.44. The Balaban J connectivity index is 1.18. The molecule has 0 saturated carbocycles. The monoisotopic (exact) mass is 622 g/mol. The molecule has 0 aliphatic heterocycles. The topological polar surface area (TPSA) is 13.1 Å². The third-order valence-electron chi connectivity index (χ3n) is 10.0. The van der Waals surface area contributed by atoms with Gasteiger partial charge in [0.25, 0.3) is 0 Å². The lowest BCUT2D eigenvalue weighted by molar-refractivity contribution is 0.670. The summed E-state index contributed by atoms with van der Waals surface area (Å²) in [5.74, 6) is 0. The van der Waals surface area contributed by atoms with Gasteiger partial charge < -0.3 is 4.42 Å². The third-order valence-corrected chi connectivity index (χ3v) is 10.0. The van der Waals surface area contributed by atoms with Crippen LogP contribution in [0.4, 0.5) is 0 Å². The van der Waals surface area contributed by atoms with Gasteiger partial charge in [0.2, 0.25) is 0 Å². The molecule has 0 spiro atoms. The number of fused-ring (bicyclic) bond motifs is 6. The second-order valence-corrected chi connectivity index (χ2v) is 12.8. The normalized spacial score (nSPS) is 11.7. The number of hydrogen-bond donors (Lipinski definition) is 0. The van der Waals surface area contributed by atoms with Crippen molar-refractivity contribution in [2.24, 2.45) is 0 Å². The van der Waals surface area contributed by atoms with Gasteiger partial charge in [0, 0.05) is 16.3 Å². The van der Waals surface area contributed by atoms with Crippen molar-refractivity contribution < 1.29 is 4.42 Å². The quantitative estimate of drug-likeness (QED) is 0.178. The van der Waals surface area contributed by atoms with E-state index in [1.807, 2.05) is 6.07 Å². The standard InChI is InChI=1S/C48H30O/c1-2-13-31(14-3-1)34-16-12-17-36(29-34)46-41-22-8-6-20-39(41)45(40-21-7-9-23-42(40)46)32-25-27-33(28-26-32)47-37-18-5-4-15-35(37)30-43-38-19-10-11-24-44(38)49-48(43)47/h1-30H. The first kappa shape index (κ1) is 27.7. The maximum absolute atomic E-state index is 6.57. The Labute approximate surface area is 284 Å². The summed E-state index contributed by atoms with van der Waals surface area (Å²) in [5, 5.41) is 9.71. The van der Waals surface area contributed by atoms with E-state index in [9.17, 15) is 0 Å². The van der Waals surface area contributed by atoms with E-state index in [4.69, 9.17) is 4.42 Å². The minimum atomic E-state index is 0.915. The summed E-state index contributed by atoms with van der Waals surface area (Å²) in [5.41, 5.74) is 11.5. The van der Waals surface area contributed by atoms with Crippen molar-refractivity contribution in [2.75, 3.05) is 0 Å². The van der Waals surface area contributed by atoms with Crippen LogP contribution in [0.15, 0.2) is 186 Å². The molecule has 0 fully saturated rings. The summed E-state index contributed by atoms with van der Waals surface area (Å²) in [4.78, 5) is 0. The molecule has 0 saturated heterocycles. The highest BCUT2D eigenvalue weighted by atomic mass is 16.3. The van der Waals surface area contributed by atoms with Gasteiger partial charge in [-0.05, 0) is 89.5 Å². The van der Waals surface area contributed by atoms with E-state index in [0.717, 1.165) is 33.1 Å². The second-order valence-electron chi connectivity index (χ2n) is 12.8. The fourth-order valence-corrected chi connectivity index (χ4v) is 7.85. The molecular weight excluding hydrogens is 593 g/mol. The van der Waals surface area contributed by atoms with Crippen molar-refractivity contribution in [2.45, 2.75) is 0 Å². The highest BCUT2D eigenvalue weighted by molar-refractivity contribution is 6.22. The van der Waals surface area contributed by atoms with Gasteiger partial charge in [-0.2, -0.15) is 0 Å². The van der Waals surface area contributed by atoms with E-state index in [1.165, 1.54) is 65.7 Å². The van der Waals surface area contributed by atoms with Crippen molar-refractivity contribution in [1.29, 1.82) is 0 Å². The minimum absolute atomic E-state index is 0.915. The summed E-state index contributed by atoms with van der Waals surface area (Å²) < 4.78 is 6.57. The van der Waals surface area contributed by atoms with Gasteiger partial charge in [-0.15, -0.1) is 0 Å². The first-order chi connectivity index (χ1) is 24.3. The van der Waals surface area contributed by atoms with Gasteiger partial charge in [-0.25, -0.2) is 0 Å². The van der Waals surface area contributed by atoms with E-state index in [2.05, 4.69) is 176 Å². The first-order valence-corrected chi connectivity index (χ1v) is 16.8. The molecule has 0 atom stereocenters. The average molecular weight is 623 g/mol. The fourth-order valence-electron chi connectivity index (χ4n) is 7.85. The van der Waals surface area contributed by atoms with E-state index in [0.29, 0.717) is 0 Å². The van der Waals surface area contributed by atoms with Crippen LogP contribution in [-0.4, -0.2) is 0 Å². The molecule has 9 aromatic carbocycles. The molecule has 1 heterocycles. The zero-order chi connectivity index (χ0) is 32.3. The Morgan fingerprint density at radius 3 is 1.43 bits per heavy atom. The van der Waals surface area contributed by atoms with Crippen molar-refractivity contribution in [1.82, 2.24) is 0 Å². The SMILES string of the molecule is c1ccc(-c2cccc(-c3c4ccccc4c(-c4ccc(-c5c6ccccc6cc6c5oc5ccccc56)cc4)c4ccccc34)c2)cc1. The Bertz CT molecular complexity index is 2800. The molecule has 49 heavy (non-hydrogen) atoms. The minimum Gasteiger partial charge on any atom is -0.455 e. The van der Waals surface area contributed by atoms with Crippen molar-refractivity contribution >= 4 is 54.3 Å². The molecule has 0 radical (unpaired) electrons. The van der Waals surface area contributed by atoms with Crippen molar-refractivity contribution in [3.63, 3.8) is 0 Å². The van der Waals surface area contributed by atoms with Crippen LogP contribution in [0, 0.1) is 0 Å². The van der Waals surface area contributed by atoms with Crippen LogP contribution in [0.5, 0.6) is 0 Å². The molecule has 0 aliphatic carbocycles. The van der Waals surface area contributed by atoms with Crippen LogP contribution < -0.4 is 0 Å². The predicted molar refractivity (Wildman–Crippen MR) is 208 cm³/mol. The van der Waals surface area contributed by atoms with Gasteiger partial charge in [0.05, 0.1) is 0 Å². The highest BCUT2D eigenvalue weighted by Crippen LogP contribution is 2.46. The van der Waals surface area contributed by atoms with Gasteiger partial charge in [0.1, 0.15) is 11.2 Å². The van der Waals surface area contributed by atoms with E-state index >= 15 is 0 Å². The number of rotatable bonds is 4. The Kier molecular flexibility index (Phi) is 6.25. The van der Waals surface area contributed by atoms with Crippen LogP contribution in [0.1, 0.15) is 0 Å². The largest absolute Gasteiger partial charge is 0.455 e. The number of benzene rings is 9. The van der Waals surface area contributed by atoms with E-state index in [1.54, 1.807) is 0 Å². The van der Waals surface area contributed by atoms with Gasteiger partial charge >= 0.3 is 0 Å². The summed E-state index contributed by atoms with van der Waals surface area (Å²) in [6.45, 7) is 0.